The normalized spacial score (nSPS) is 23.6. The number of nitrogens with one attached hydrogen (secondary N) is 1. The zero-order valence-corrected chi connectivity index (χ0v) is 15.3. The molecule has 21 heavy (non-hydrogen) atoms. The van der Waals surface area contributed by atoms with E-state index in [9.17, 15) is 8.42 Å². The van der Waals surface area contributed by atoms with E-state index in [0.717, 1.165) is 25.9 Å². The average molecular weight is 319 g/mol. The number of rotatable bonds is 8. The molecule has 0 spiro atoms. The molecule has 1 fully saturated rings. The summed E-state index contributed by atoms with van der Waals surface area (Å²) in [5.74, 6) is 1.19. The van der Waals surface area contributed by atoms with Gasteiger partial charge in [0.05, 0.1) is 5.75 Å². The molecule has 0 aromatic rings. The minimum atomic E-state index is -2.90. The molecule has 4 nitrogen and oxygen atoms in total. The van der Waals surface area contributed by atoms with E-state index >= 15 is 0 Å². The minimum Gasteiger partial charge on any atom is -0.311 e. The zero-order valence-electron chi connectivity index (χ0n) is 14.5. The first-order valence-corrected chi connectivity index (χ1v) is 10.3. The van der Waals surface area contributed by atoms with Gasteiger partial charge in [0.1, 0.15) is 0 Å². The molecule has 126 valence electrons. The fourth-order valence-electron chi connectivity index (χ4n) is 3.31. The highest BCUT2D eigenvalue weighted by atomic mass is 32.2. The first-order valence-electron chi connectivity index (χ1n) is 8.49. The van der Waals surface area contributed by atoms with Gasteiger partial charge in [0.15, 0.2) is 9.84 Å². The van der Waals surface area contributed by atoms with E-state index in [-0.39, 0.29) is 5.54 Å². The van der Waals surface area contributed by atoms with Gasteiger partial charge in [-0.05, 0) is 25.2 Å². The van der Waals surface area contributed by atoms with Crippen molar-refractivity contribution in [1.82, 2.24) is 10.2 Å². The van der Waals surface area contributed by atoms with Crippen LogP contribution in [0.15, 0.2) is 0 Å². The van der Waals surface area contributed by atoms with Gasteiger partial charge < -0.3 is 5.32 Å². The zero-order chi connectivity index (χ0) is 16.1. The molecule has 0 saturated carbocycles. The van der Waals surface area contributed by atoms with Crippen molar-refractivity contribution in [3.05, 3.63) is 0 Å². The Morgan fingerprint density at radius 3 is 2.29 bits per heavy atom. The van der Waals surface area contributed by atoms with Crippen molar-refractivity contribution in [2.45, 2.75) is 65.5 Å². The Hall–Kier alpha value is -0.130. The summed E-state index contributed by atoms with van der Waals surface area (Å²) in [6.45, 7) is 13.4. The molecule has 1 saturated heterocycles. The largest absolute Gasteiger partial charge is 0.311 e. The topological polar surface area (TPSA) is 49.4 Å². The van der Waals surface area contributed by atoms with Crippen LogP contribution in [0.3, 0.4) is 0 Å². The van der Waals surface area contributed by atoms with Crippen molar-refractivity contribution in [3.63, 3.8) is 0 Å². The molecule has 0 aromatic heterocycles. The average Bonchev–Trinajstić information content (AvgIpc) is 2.44. The molecule has 1 aliphatic heterocycles. The van der Waals surface area contributed by atoms with Gasteiger partial charge in [0.25, 0.3) is 0 Å². The van der Waals surface area contributed by atoms with Crippen LogP contribution >= 0.6 is 0 Å². The van der Waals surface area contributed by atoms with Crippen molar-refractivity contribution in [2.75, 3.05) is 31.1 Å². The third kappa shape index (κ3) is 4.93. The van der Waals surface area contributed by atoms with Crippen LogP contribution in [-0.2, 0) is 9.84 Å². The van der Waals surface area contributed by atoms with Gasteiger partial charge in [-0.25, -0.2) is 8.42 Å². The van der Waals surface area contributed by atoms with Crippen molar-refractivity contribution < 1.29 is 8.42 Å². The number of hydrogen-bond donors (Lipinski definition) is 1. The van der Waals surface area contributed by atoms with E-state index < -0.39 is 9.84 Å². The number of piperazine rings is 1. The predicted octanol–water partition coefficient (Wildman–Crippen LogP) is 2.30. The second-order valence-electron chi connectivity index (χ2n) is 6.76. The van der Waals surface area contributed by atoms with Crippen molar-refractivity contribution in [1.29, 1.82) is 0 Å². The van der Waals surface area contributed by atoms with Crippen LogP contribution in [0.1, 0.15) is 53.9 Å². The van der Waals surface area contributed by atoms with Crippen LogP contribution in [0.2, 0.25) is 0 Å². The number of nitrogens with zero attached hydrogens (tertiary/aromatic N) is 1. The Morgan fingerprint density at radius 2 is 1.81 bits per heavy atom. The van der Waals surface area contributed by atoms with Crippen molar-refractivity contribution >= 4 is 9.84 Å². The summed E-state index contributed by atoms with van der Waals surface area (Å²) in [5.41, 5.74) is 0.118. The van der Waals surface area contributed by atoms with E-state index in [4.69, 9.17) is 0 Å². The summed E-state index contributed by atoms with van der Waals surface area (Å²) in [6.07, 6.45) is 2.84. The summed E-state index contributed by atoms with van der Waals surface area (Å²) >= 11 is 0. The Labute approximate surface area is 131 Å². The molecule has 0 amide bonds. The predicted molar refractivity (Wildman–Crippen MR) is 90.5 cm³/mol. The molecule has 0 aromatic carbocycles. The maximum absolute atomic E-state index is 12.0. The van der Waals surface area contributed by atoms with Crippen LogP contribution in [0, 0.1) is 5.92 Å². The van der Waals surface area contributed by atoms with Gasteiger partial charge in [-0.15, -0.1) is 0 Å². The summed E-state index contributed by atoms with van der Waals surface area (Å²) in [6, 6.07) is 0.463. The van der Waals surface area contributed by atoms with Gasteiger partial charge >= 0.3 is 0 Å². The van der Waals surface area contributed by atoms with E-state index in [1.165, 1.54) is 0 Å². The Morgan fingerprint density at radius 1 is 1.19 bits per heavy atom. The van der Waals surface area contributed by atoms with Crippen LogP contribution in [-0.4, -0.2) is 56.0 Å². The summed E-state index contributed by atoms with van der Waals surface area (Å²) < 4.78 is 24.1. The molecule has 0 bridgehead atoms. The molecule has 1 unspecified atom stereocenters. The third-order valence-corrected chi connectivity index (χ3v) is 6.92. The van der Waals surface area contributed by atoms with E-state index in [1.807, 2.05) is 6.92 Å². The molecule has 5 heteroatoms. The van der Waals surface area contributed by atoms with Crippen LogP contribution < -0.4 is 5.32 Å². The van der Waals surface area contributed by atoms with Crippen LogP contribution in [0.4, 0.5) is 0 Å². The molecule has 1 rings (SSSR count). The first-order chi connectivity index (χ1) is 9.80. The highest BCUT2D eigenvalue weighted by Crippen LogP contribution is 2.28. The Bertz CT molecular complexity index is 403. The van der Waals surface area contributed by atoms with Crippen molar-refractivity contribution in [3.8, 4) is 0 Å². The smallest absolute Gasteiger partial charge is 0.151 e. The number of sulfone groups is 1. The number of hydrogen-bond acceptors (Lipinski definition) is 4. The molecule has 1 atom stereocenters. The maximum Gasteiger partial charge on any atom is 0.151 e. The first kappa shape index (κ1) is 18.9. The van der Waals surface area contributed by atoms with Gasteiger partial charge in [-0.3, -0.25) is 4.90 Å². The highest BCUT2D eigenvalue weighted by Gasteiger charge is 2.39. The van der Waals surface area contributed by atoms with E-state index in [1.54, 1.807) is 0 Å². The SMILES string of the molecule is CCCS(=O)(=O)CCN1CC(C(C)C)NCC1(CC)CC. The molecule has 0 radical (unpaired) electrons. The Balaban J connectivity index is 2.79. The molecule has 1 aliphatic rings. The monoisotopic (exact) mass is 318 g/mol. The quantitative estimate of drug-likeness (QED) is 0.746. The molecular weight excluding hydrogens is 284 g/mol. The molecule has 0 aliphatic carbocycles. The Kier molecular flexibility index (Phi) is 7.14. The molecular formula is C16H34N2O2S. The summed E-state index contributed by atoms with van der Waals surface area (Å²) in [5, 5.41) is 3.67. The second kappa shape index (κ2) is 7.93. The van der Waals surface area contributed by atoms with Gasteiger partial charge in [0.2, 0.25) is 0 Å². The maximum atomic E-state index is 12.0. The summed E-state index contributed by atoms with van der Waals surface area (Å²) in [7, 11) is -2.90. The lowest BCUT2D eigenvalue weighted by atomic mass is 9.85. The minimum absolute atomic E-state index is 0.118. The fourth-order valence-corrected chi connectivity index (χ4v) is 4.64. The van der Waals surface area contributed by atoms with Crippen LogP contribution in [0.5, 0.6) is 0 Å². The van der Waals surface area contributed by atoms with Gasteiger partial charge in [-0.1, -0.05) is 34.6 Å². The molecule has 1 heterocycles. The third-order valence-electron chi connectivity index (χ3n) is 5.09. The van der Waals surface area contributed by atoms with Crippen molar-refractivity contribution in [2.24, 2.45) is 5.92 Å². The van der Waals surface area contributed by atoms with E-state index in [2.05, 4.69) is 37.9 Å². The van der Waals surface area contributed by atoms with Crippen LogP contribution in [0.25, 0.3) is 0 Å². The lowest BCUT2D eigenvalue weighted by Gasteiger charge is -2.50. The standard InChI is InChI=1S/C16H34N2O2S/c1-6-10-21(19,20)11-9-18-12-15(14(4)5)17-13-16(18,7-2)8-3/h14-15,17H,6-13H2,1-5H3. The summed E-state index contributed by atoms with van der Waals surface area (Å²) in [4.78, 5) is 2.45. The highest BCUT2D eigenvalue weighted by molar-refractivity contribution is 7.91. The molecule has 1 N–H and O–H groups in total. The second-order valence-corrected chi connectivity index (χ2v) is 9.06. The van der Waals surface area contributed by atoms with E-state index in [0.29, 0.717) is 36.4 Å². The lowest BCUT2D eigenvalue weighted by Crippen LogP contribution is -2.65. The van der Waals surface area contributed by atoms with Gasteiger partial charge in [0, 0.05) is 37.0 Å². The lowest BCUT2D eigenvalue weighted by molar-refractivity contribution is 0.0277. The fraction of sp³-hybridized carbons (Fsp3) is 1.00. The van der Waals surface area contributed by atoms with Gasteiger partial charge in [-0.2, -0.15) is 0 Å².